The highest BCUT2D eigenvalue weighted by Gasteiger charge is 2.37. The Bertz CT molecular complexity index is 563. The van der Waals surface area contributed by atoms with Gasteiger partial charge < -0.3 is 21.7 Å². The van der Waals surface area contributed by atoms with Gasteiger partial charge in [-0.3, -0.25) is 4.79 Å². The van der Waals surface area contributed by atoms with Crippen molar-refractivity contribution in [1.82, 2.24) is 5.32 Å². The fraction of sp³-hybridized carbons (Fsp3) is 0.500. The summed E-state index contributed by atoms with van der Waals surface area (Å²) in [5.41, 5.74) is 7.08. The van der Waals surface area contributed by atoms with Crippen LogP contribution in [0.4, 0.5) is 16.2 Å². The van der Waals surface area contributed by atoms with E-state index in [1.165, 1.54) is 0 Å². The van der Waals surface area contributed by atoms with E-state index in [1.54, 1.807) is 31.3 Å². The molecule has 0 aromatic heterocycles. The van der Waals surface area contributed by atoms with E-state index < -0.39 is 5.54 Å². The maximum atomic E-state index is 12.5. The number of benzene rings is 1. The van der Waals surface area contributed by atoms with Crippen LogP contribution in [-0.2, 0) is 4.79 Å². The van der Waals surface area contributed by atoms with E-state index in [1.807, 2.05) is 6.92 Å². The van der Waals surface area contributed by atoms with E-state index in [4.69, 9.17) is 5.73 Å². The zero-order valence-corrected chi connectivity index (χ0v) is 14.3. The van der Waals surface area contributed by atoms with Gasteiger partial charge in [-0.05, 0) is 38.0 Å². The lowest BCUT2D eigenvalue weighted by atomic mass is 9.74. The average Bonchev–Trinajstić information content (AvgIpc) is 2.46. The van der Waals surface area contributed by atoms with Gasteiger partial charge in [0.05, 0.1) is 5.92 Å². The fourth-order valence-electron chi connectivity index (χ4n) is 2.89. The molecule has 1 aromatic carbocycles. The van der Waals surface area contributed by atoms with Crippen LogP contribution in [0.5, 0.6) is 0 Å². The maximum Gasteiger partial charge on any atom is 0.318 e. The van der Waals surface area contributed by atoms with Gasteiger partial charge in [-0.15, -0.1) is 12.4 Å². The minimum atomic E-state index is -0.458. The summed E-state index contributed by atoms with van der Waals surface area (Å²) in [6, 6.07) is 6.76. The predicted octanol–water partition coefficient (Wildman–Crippen LogP) is 2.71. The molecule has 0 saturated heterocycles. The van der Waals surface area contributed by atoms with Crippen LogP contribution in [0.3, 0.4) is 0 Å². The molecular weight excluding hydrogens is 316 g/mol. The van der Waals surface area contributed by atoms with Gasteiger partial charge in [0, 0.05) is 24.0 Å². The third-order valence-corrected chi connectivity index (χ3v) is 4.19. The molecule has 1 saturated carbocycles. The van der Waals surface area contributed by atoms with Crippen LogP contribution in [0, 0.1) is 5.92 Å². The van der Waals surface area contributed by atoms with Crippen LogP contribution in [0.1, 0.15) is 32.6 Å². The van der Waals surface area contributed by atoms with E-state index in [2.05, 4.69) is 16.0 Å². The summed E-state index contributed by atoms with van der Waals surface area (Å²) in [6.07, 6.45) is 3.78. The topological polar surface area (TPSA) is 96.2 Å². The summed E-state index contributed by atoms with van der Waals surface area (Å²) < 4.78 is 0. The molecule has 0 spiro atoms. The summed E-state index contributed by atoms with van der Waals surface area (Å²) >= 11 is 0. The number of nitrogens with one attached hydrogen (secondary N) is 3. The molecule has 0 heterocycles. The molecule has 1 fully saturated rings. The Balaban J connectivity index is 0.00000264. The lowest BCUT2D eigenvalue weighted by Gasteiger charge is -2.37. The van der Waals surface area contributed by atoms with Gasteiger partial charge in [-0.1, -0.05) is 18.9 Å². The minimum Gasteiger partial charge on any atom is -0.341 e. The highest BCUT2D eigenvalue weighted by atomic mass is 35.5. The third kappa shape index (κ3) is 5.11. The molecule has 7 heteroatoms. The van der Waals surface area contributed by atoms with Crippen LogP contribution >= 0.6 is 12.4 Å². The predicted molar refractivity (Wildman–Crippen MR) is 94.9 cm³/mol. The Morgan fingerprint density at radius 3 is 2.48 bits per heavy atom. The first-order valence-electron chi connectivity index (χ1n) is 7.61. The average molecular weight is 341 g/mol. The molecule has 0 radical (unpaired) electrons. The molecule has 6 nitrogen and oxygen atoms in total. The van der Waals surface area contributed by atoms with Crippen molar-refractivity contribution in [3.63, 3.8) is 0 Å². The SMILES string of the molecule is CNC(=O)Nc1cccc(NC(=O)C2CCCCC2(C)N)c1.Cl. The summed E-state index contributed by atoms with van der Waals surface area (Å²) in [5.74, 6) is -0.237. The molecule has 2 unspecified atom stereocenters. The Labute approximate surface area is 143 Å². The number of amides is 3. The monoisotopic (exact) mass is 340 g/mol. The second kappa shape index (κ2) is 8.17. The lowest BCUT2D eigenvalue weighted by molar-refractivity contribution is -0.122. The van der Waals surface area contributed by atoms with Crippen LogP contribution in [0.2, 0.25) is 0 Å². The van der Waals surface area contributed by atoms with Gasteiger partial charge in [0.25, 0.3) is 0 Å². The first-order chi connectivity index (χ1) is 10.4. The van der Waals surface area contributed by atoms with Crippen LogP contribution in [0.15, 0.2) is 24.3 Å². The normalized spacial score (nSPS) is 23.3. The molecule has 0 bridgehead atoms. The molecule has 0 aliphatic heterocycles. The number of hydrogen-bond donors (Lipinski definition) is 4. The number of hydrogen-bond acceptors (Lipinski definition) is 3. The van der Waals surface area contributed by atoms with E-state index >= 15 is 0 Å². The second-order valence-electron chi connectivity index (χ2n) is 6.08. The molecule has 2 atom stereocenters. The molecule has 1 aromatic rings. The van der Waals surface area contributed by atoms with Crippen molar-refractivity contribution in [3.8, 4) is 0 Å². The summed E-state index contributed by atoms with van der Waals surface area (Å²) in [7, 11) is 1.55. The number of carbonyl (C=O) groups excluding carboxylic acids is 2. The van der Waals surface area contributed by atoms with Gasteiger partial charge in [-0.25, -0.2) is 4.79 Å². The molecule has 2 rings (SSSR count). The second-order valence-corrected chi connectivity index (χ2v) is 6.08. The van der Waals surface area contributed by atoms with Crippen molar-refractivity contribution >= 4 is 35.7 Å². The minimum absolute atomic E-state index is 0. The number of rotatable bonds is 3. The Kier molecular flexibility index (Phi) is 6.84. The summed E-state index contributed by atoms with van der Waals surface area (Å²) in [5, 5.41) is 8.07. The Hall–Kier alpha value is -1.79. The number of anilines is 2. The van der Waals surface area contributed by atoms with Crippen LogP contribution in [-0.4, -0.2) is 24.5 Å². The highest BCUT2D eigenvalue weighted by molar-refractivity contribution is 5.95. The Morgan fingerprint density at radius 1 is 1.22 bits per heavy atom. The van der Waals surface area contributed by atoms with E-state index in [0.29, 0.717) is 11.4 Å². The van der Waals surface area contributed by atoms with E-state index in [-0.39, 0.29) is 30.3 Å². The van der Waals surface area contributed by atoms with Crippen molar-refractivity contribution in [1.29, 1.82) is 0 Å². The largest absolute Gasteiger partial charge is 0.341 e. The highest BCUT2D eigenvalue weighted by Crippen LogP contribution is 2.32. The lowest BCUT2D eigenvalue weighted by Crippen LogP contribution is -2.51. The molecule has 128 valence electrons. The maximum absolute atomic E-state index is 12.5. The van der Waals surface area contributed by atoms with Crippen molar-refractivity contribution in [3.05, 3.63) is 24.3 Å². The summed E-state index contributed by atoms with van der Waals surface area (Å²) in [6.45, 7) is 1.94. The van der Waals surface area contributed by atoms with E-state index in [0.717, 1.165) is 25.7 Å². The van der Waals surface area contributed by atoms with Crippen LogP contribution < -0.4 is 21.7 Å². The molecule has 1 aliphatic carbocycles. The van der Waals surface area contributed by atoms with Gasteiger partial charge >= 0.3 is 6.03 Å². The molecule has 1 aliphatic rings. The zero-order chi connectivity index (χ0) is 16.2. The molecule has 3 amide bonds. The first kappa shape index (κ1) is 19.3. The molecule has 5 N–H and O–H groups in total. The fourth-order valence-corrected chi connectivity index (χ4v) is 2.89. The Morgan fingerprint density at radius 2 is 1.87 bits per heavy atom. The quantitative estimate of drug-likeness (QED) is 0.681. The third-order valence-electron chi connectivity index (χ3n) is 4.19. The van der Waals surface area contributed by atoms with Crippen molar-refractivity contribution in [2.75, 3.05) is 17.7 Å². The van der Waals surface area contributed by atoms with Gasteiger partial charge in [-0.2, -0.15) is 0 Å². The standard InChI is InChI=1S/C16H24N4O2.ClH/c1-16(17)9-4-3-8-13(16)14(21)19-11-6-5-7-12(10-11)20-15(22)18-2;/h5-7,10,13H,3-4,8-9,17H2,1-2H3,(H,19,21)(H2,18,20,22);1H. The number of halogens is 1. The summed E-state index contributed by atoms with van der Waals surface area (Å²) in [4.78, 5) is 23.8. The van der Waals surface area contributed by atoms with Crippen molar-refractivity contribution in [2.24, 2.45) is 11.7 Å². The number of nitrogens with two attached hydrogens (primary N) is 1. The van der Waals surface area contributed by atoms with Gasteiger partial charge in [0.2, 0.25) is 5.91 Å². The smallest absolute Gasteiger partial charge is 0.318 e. The van der Waals surface area contributed by atoms with Crippen molar-refractivity contribution in [2.45, 2.75) is 38.1 Å². The number of carbonyl (C=O) groups is 2. The van der Waals surface area contributed by atoms with Gasteiger partial charge in [0.15, 0.2) is 0 Å². The molecular formula is C16H25ClN4O2. The first-order valence-corrected chi connectivity index (χ1v) is 7.61. The van der Waals surface area contributed by atoms with Crippen molar-refractivity contribution < 1.29 is 9.59 Å². The number of urea groups is 1. The van der Waals surface area contributed by atoms with Gasteiger partial charge in [0.1, 0.15) is 0 Å². The van der Waals surface area contributed by atoms with E-state index in [9.17, 15) is 9.59 Å². The zero-order valence-electron chi connectivity index (χ0n) is 13.5. The van der Waals surface area contributed by atoms with Crippen LogP contribution in [0.25, 0.3) is 0 Å². The molecule has 23 heavy (non-hydrogen) atoms.